The smallest absolute Gasteiger partial charge is 0.222 e. The average molecular weight is 281 g/mol. The summed E-state index contributed by atoms with van der Waals surface area (Å²) in [5.74, 6) is 1.03. The summed E-state index contributed by atoms with van der Waals surface area (Å²) in [5.41, 5.74) is 5.71. The molecule has 1 saturated carbocycles. The zero-order valence-electron chi connectivity index (χ0n) is 13.0. The topological polar surface area (TPSA) is 49.6 Å². The maximum atomic E-state index is 12.4. The summed E-state index contributed by atoms with van der Waals surface area (Å²) in [6.07, 6.45) is 8.67. The SMILES string of the molecule is CC(CN)N1CCN(C(=O)CC2CCCCCC2)CC1. The number of carbonyl (C=O) groups excluding carboxylic acids is 1. The fourth-order valence-electron chi connectivity index (χ4n) is 3.51. The lowest BCUT2D eigenvalue weighted by molar-refractivity contribution is -0.134. The molecule has 0 spiro atoms. The largest absolute Gasteiger partial charge is 0.340 e. The number of nitrogens with two attached hydrogens (primary N) is 1. The van der Waals surface area contributed by atoms with Gasteiger partial charge in [0.2, 0.25) is 5.91 Å². The first-order valence-electron chi connectivity index (χ1n) is 8.42. The third-order valence-corrected chi connectivity index (χ3v) is 5.07. The quantitative estimate of drug-likeness (QED) is 0.800. The van der Waals surface area contributed by atoms with Crippen molar-refractivity contribution in [3.63, 3.8) is 0 Å². The predicted molar refractivity (Wildman–Crippen MR) is 82.5 cm³/mol. The normalized spacial score (nSPS) is 24.4. The van der Waals surface area contributed by atoms with Crippen molar-refractivity contribution < 1.29 is 4.79 Å². The molecule has 1 aliphatic heterocycles. The van der Waals surface area contributed by atoms with Gasteiger partial charge < -0.3 is 10.6 Å². The Labute approximate surface area is 123 Å². The number of nitrogens with zero attached hydrogens (tertiary/aromatic N) is 2. The van der Waals surface area contributed by atoms with Crippen molar-refractivity contribution in [2.24, 2.45) is 11.7 Å². The monoisotopic (exact) mass is 281 g/mol. The molecule has 0 aromatic heterocycles. The minimum atomic E-state index is 0.386. The molecule has 116 valence electrons. The summed E-state index contributed by atoms with van der Waals surface area (Å²) in [7, 11) is 0. The van der Waals surface area contributed by atoms with Gasteiger partial charge in [0.05, 0.1) is 0 Å². The van der Waals surface area contributed by atoms with Crippen molar-refractivity contribution in [2.45, 2.75) is 57.9 Å². The highest BCUT2D eigenvalue weighted by molar-refractivity contribution is 5.76. The van der Waals surface area contributed by atoms with E-state index in [1.54, 1.807) is 0 Å². The zero-order chi connectivity index (χ0) is 14.4. The molecule has 0 aromatic rings. The van der Waals surface area contributed by atoms with Gasteiger partial charge in [-0.2, -0.15) is 0 Å². The molecule has 1 aliphatic carbocycles. The molecular formula is C16H31N3O. The maximum absolute atomic E-state index is 12.4. The van der Waals surface area contributed by atoms with Crippen molar-refractivity contribution in [1.29, 1.82) is 0 Å². The van der Waals surface area contributed by atoms with Crippen molar-refractivity contribution in [1.82, 2.24) is 9.80 Å². The molecule has 2 rings (SSSR count). The Morgan fingerprint density at radius 1 is 1.10 bits per heavy atom. The van der Waals surface area contributed by atoms with E-state index in [0.717, 1.165) is 32.6 Å². The Balaban J connectivity index is 1.73. The number of amides is 1. The molecule has 2 N–H and O–H groups in total. The van der Waals surface area contributed by atoms with E-state index in [9.17, 15) is 4.79 Å². The van der Waals surface area contributed by atoms with Crippen molar-refractivity contribution >= 4 is 5.91 Å². The number of hydrogen-bond acceptors (Lipinski definition) is 3. The molecule has 1 atom stereocenters. The summed E-state index contributed by atoms with van der Waals surface area (Å²) < 4.78 is 0. The van der Waals surface area contributed by atoms with Crippen LogP contribution in [0.25, 0.3) is 0 Å². The number of rotatable bonds is 4. The van der Waals surface area contributed by atoms with Gasteiger partial charge in [0.25, 0.3) is 0 Å². The Kier molecular flexibility index (Phi) is 6.30. The fraction of sp³-hybridized carbons (Fsp3) is 0.938. The van der Waals surface area contributed by atoms with Gasteiger partial charge in [-0.1, -0.05) is 25.7 Å². The van der Waals surface area contributed by atoms with Crippen LogP contribution >= 0.6 is 0 Å². The summed E-state index contributed by atoms with van der Waals surface area (Å²) in [6.45, 7) is 6.61. The molecule has 2 aliphatic rings. The Morgan fingerprint density at radius 2 is 1.70 bits per heavy atom. The van der Waals surface area contributed by atoms with Gasteiger partial charge in [-0.25, -0.2) is 0 Å². The van der Waals surface area contributed by atoms with E-state index in [1.807, 2.05) is 0 Å². The van der Waals surface area contributed by atoms with Crippen LogP contribution in [-0.4, -0.2) is 54.5 Å². The first-order valence-corrected chi connectivity index (χ1v) is 8.42. The first-order chi connectivity index (χ1) is 9.70. The highest BCUT2D eigenvalue weighted by atomic mass is 16.2. The molecule has 0 aromatic carbocycles. The highest BCUT2D eigenvalue weighted by Crippen LogP contribution is 2.26. The Hall–Kier alpha value is -0.610. The second-order valence-corrected chi connectivity index (χ2v) is 6.56. The van der Waals surface area contributed by atoms with Gasteiger partial charge in [0, 0.05) is 45.2 Å². The van der Waals surface area contributed by atoms with Gasteiger partial charge >= 0.3 is 0 Å². The van der Waals surface area contributed by atoms with E-state index in [2.05, 4.69) is 16.7 Å². The molecule has 4 nitrogen and oxygen atoms in total. The van der Waals surface area contributed by atoms with Crippen molar-refractivity contribution in [3.8, 4) is 0 Å². The van der Waals surface area contributed by atoms with Crippen LogP contribution in [0.2, 0.25) is 0 Å². The van der Waals surface area contributed by atoms with Crippen LogP contribution in [0.5, 0.6) is 0 Å². The van der Waals surface area contributed by atoms with Gasteiger partial charge in [-0.05, 0) is 25.7 Å². The van der Waals surface area contributed by atoms with E-state index < -0.39 is 0 Å². The lowest BCUT2D eigenvalue weighted by atomic mass is 9.96. The van der Waals surface area contributed by atoms with E-state index in [4.69, 9.17) is 5.73 Å². The van der Waals surface area contributed by atoms with Crippen LogP contribution in [0.4, 0.5) is 0 Å². The third-order valence-electron chi connectivity index (χ3n) is 5.07. The van der Waals surface area contributed by atoms with Gasteiger partial charge in [-0.3, -0.25) is 9.69 Å². The van der Waals surface area contributed by atoms with Crippen LogP contribution in [-0.2, 0) is 4.79 Å². The Bertz CT molecular complexity index is 292. The summed E-state index contributed by atoms with van der Waals surface area (Å²) >= 11 is 0. The lowest BCUT2D eigenvalue weighted by Crippen LogP contribution is -2.53. The average Bonchev–Trinajstić information content (AvgIpc) is 2.75. The molecule has 1 unspecified atom stereocenters. The van der Waals surface area contributed by atoms with E-state index in [0.29, 0.717) is 24.4 Å². The number of piperazine rings is 1. The van der Waals surface area contributed by atoms with Crippen LogP contribution < -0.4 is 5.73 Å². The number of carbonyl (C=O) groups is 1. The molecule has 2 fully saturated rings. The van der Waals surface area contributed by atoms with Crippen LogP contribution in [0, 0.1) is 5.92 Å². The standard InChI is InChI=1S/C16H31N3O/c1-14(13-17)18-8-10-19(11-9-18)16(20)12-15-6-4-2-3-5-7-15/h14-15H,2-13,17H2,1H3. The molecule has 1 saturated heterocycles. The molecule has 20 heavy (non-hydrogen) atoms. The molecular weight excluding hydrogens is 250 g/mol. The second kappa shape index (κ2) is 7.99. The van der Waals surface area contributed by atoms with Crippen molar-refractivity contribution in [2.75, 3.05) is 32.7 Å². The minimum Gasteiger partial charge on any atom is -0.340 e. The van der Waals surface area contributed by atoms with Crippen LogP contribution in [0.3, 0.4) is 0 Å². The highest BCUT2D eigenvalue weighted by Gasteiger charge is 2.25. The van der Waals surface area contributed by atoms with E-state index in [-0.39, 0.29) is 0 Å². The molecule has 0 bridgehead atoms. The van der Waals surface area contributed by atoms with Gasteiger partial charge in [0.15, 0.2) is 0 Å². The van der Waals surface area contributed by atoms with E-state index in [1.165, 1.54) is 38.5 Å². The zero-order valence-corrected chi connectivity index (χ0v) is 13.0. The van der Waals surface area contributed by atoms with Gasteiger partial charge in [0.1, 0.15) is 0 Å². The van der Waals surface area contributed by atoms with Crippen LogP contribution in [0.15, 0.2) is 0 Å². The van der Waals surface area contributed by atoms with E-state index >= 15 is 0 Å². The predicted octanol–water partition coefficient (Wildman–Crippen LogP) is 1.84. The molecule has 4 heteroatoms. The van der Waals surface area contributed by atoms with Crippen molar-refractivity contribution in [3.05, 3.63) is 0 Å². The molecule has 1 amide bonds. The second-order valence-electron chi connectivity index (χ2n) is 6.56. The summed E-state index contributed by atoms with van der Waals surface area (Å²) in [6, 6.07) is 0.439. The first kappa shape index (κ1) is 15.8. The fourth-order valence-corrected chi connectivity index (χ4v) is 3.51. The minimum absolute atomic E-state index is 0.386. The lowest BCUT2D eigenvalue weighted by Gasteiger charge is -2.38. The Morgan fingerprint density at radius 3 is 2.25 bits per heavy atom. The number of hydrogen-bond donors (Lipinski definition) is 1. The molecule has 0 radical (unpaired) electrons. The summed E-state index contributed by atoms with van der Waals surface area (Å²) in [4.78, 5) is 16.9. The summed E-state index contributed by atoms with van der Waals surface area (Å²) in [5, 5.41) is 0. The third kappa shape index (κ3) is 4.45. The maximum Gasteiger partial charge on any atom is 0.222 e. The van der Waals surface area contributed by atoms with Crippen LogP contribution in [0.1, 0.15) is 51.9 Å². The molecule has 1 heterocycles. The van der Waals surface area contributed by atoms with Gasteiger partial charge in [-0.15, -0.1) is 0 Å².